The highest BCUT2D eigenvalue weighted by Gasteiger charge is 2.09. The first-order valence-corrected chi connectivity index (χ1v) is 6.49. The van der Waals surface area contributed by atoms with Crippen LogP contribution < -0.4 is 5.56 Å². The standard InChI is InChI=1S/C14H13N3O3S/c1-9(10-6-4-3-5-7-10)16-17-12(18)8-11(13(19)20-2)15-14(17)21/h3-8H,1-2H3,(H,15,21)/b16-9+. The minimum atomic E-state index is -0.658. The van der Waals surface area contributed by atoms with Gasteiger partial charge in [0, 0.05) is 6.07 Å². The fourth-order valence-corrected chi connectivity index (χ4v) is 1.93. The van der Waals surface area contributed by atoms with Gasteiger partial charge in [-0.3, -0.25) is 4.79 Å². The molecule has 0 aliphatic heterocycles. The zero-order chi connectivity index (χ0) is 15.4. The molecule has 0 amide bonds. The summed E-state index contributed by atoms with van der Waals surface area (Å²) < 4.78 is 5.59. The van der Waals surface area contributed by atoms with Crippen LogP contribution in [0.4, 0.5) is 0 Å². The van der Waals surface area contributed by atoms with Crippen LogP contribution in [-0.4, -0.2) is 28.5 Å². The number of nitrogens with zero attached hydrogens (tertiary/aromatic N) is 2. The van der Waals surface area contributed by atoms with Crippen molar-refractivity contribution in [2.24, 2.45) is 5.10 Å². The third-order valence-electron chi connectivity index (χ3n) is 2.76. The molecule has 21 heavy (non-hydrogen) atoms. The van der Waals surface area contributed by atoms with Gasteiger partial charge in [0.05, 0.1) is 12.8 Å². The number of aromatic amines is 1. The molecular formula is C14H13N3O3S. The zero-order valence-corrected chi connectivity index (χ0v) is 12.3. The minimum Gasteiger partial charge on any atom is -0.464 e. The Kier molecular flexibility index (Phi) is 4.44. The number of hydrogen-bond acceptors (Lipinski definition) is 5. The number of ether oxygens (including phenoxy) is 1. The Morgan fingerprint density at radius 1 is 1.33 bits per heavy atom. The normalized spacial score (nSPS) is 11.2. The number of methoxy groups -OCH3 is 1. The molecule has 7 heteroatoms. The van der Waals surface area contributed by atoms with Crippen LogP contribution in [0.2, 0.25) is 0 Å². The number of carbonyl (C=O) groups excluding carboxylic acids is 1. The summed E-state index contributed by atoms with van der Waals surface area (Å²) in [5, 5.41) is 4.19. The second kappa shape index (κ2) is 6.27. The molecule has 1 heterocycles. The monoisotopic (exact) mass is 303 g/mol. The first-order chi connectivity index (χ1) is 10.0. The van der Waals surface area contributed by atoms with Crippen LogP contribution in [-0.2, 0) is 4.74 Å². The summed E-state index contributed by atoms with van der Waals surface area (Å²) in [4.78, 5) is 26.0. The summed E-state index contributed by atoms with van der Waals surface area (Å²) in [5.41, 5.74) is 0.990. The van der Waals surface area contributed by atoms with Crippen molar-refractivity contribution in [3.63, 3.8) is 0 Å². The highest BCUT2D eigenvalue weighted by Crippen LogP contribution is 2.02. The molecule has 0 saturated carbocycles. The quantitative estimate of drug-likeness (QED) is 0.534. The van der Waals surface area contributed by atoms with Crippen LogP contribution in [0.1, 0.15) is 23.0 Å². The smallest absolute Gasteiger partial charge is 0.354 e. The predicted octanol–water partition coefficient (Wildman–Crippen LogP) is 1.96. The first-order valence-electron chi connectivity index (χ1n) is 6.08. The van der Waals surface area contributed by atoms with Gasteiger partial charge >= 0.3 is 5.97 Å². The maximum absolute atomic E-state index is 12.0. The van der Waals surface area contributed by atoms with Crippen molar-refractivity contribution in [1.29, 1.82) is 0 Å². The van der Waals surface area contributed by atoms with Crippen molar-refractivity contribution < 1.29 is 9.53 Å². The number of esters is 1. The third-order valence-corrected chi connectivity index (χ3v) is 3.03. The molecule has 1 aromatic carbocycles. The summed E-state index contributed by atoms with van der Waals surface area (Å²) in [7, 11) is 1.22. The van der Waals surface area contributed by atoms with E-state index in [-0.39, 0.29) is 10.5 Å². The van der Waals surface area contributed by atoms with Crippen LogP contribution >= 0.6 is 12.2 Å². The molecule has 1 aromatic heterocycles. The molecule has 0 radical (unpaired) electrons. The SMILES string of the molecule is COC(=O)c1cc(=O)n(/N=C(\C)c2ccccc2)c(=S)[nH]1. The van der Waals surface area contributed by atoms with Crippen molar-refractivity contribution in [2.75, 3.05) is 7.11 Å². The van der Waals surface area contributed by atoms with Gasteiger partial charge < -0.3 is 9.72 Å². The fourth-order valence-electron chi connectivity index (χ4n) is 1.69. The average molecular weight is 303 g/mol. The lowest BCUT2D eigenvalue weighted by molar-refractivity contribution is 0.0593. The Bertz CT molecular complexity index is 775. The Morgan fingerprint density at radius 3 is 2.57 bits per heavy atom. The largest absolute Gasteiger partial charge is 0.464 e. The summed E-state index contributed by atoms with van der Waals surface area (Å²) >= 11 is 5.06. The maximum atomic E-state index is 12.0. The van der Waals surface area contributed by atoms with Crippen LogP contribution in [0.15, 0.2) is 46.3 Å². The lowest BCUT2D eigenvalue weighted by Crippen LogP contribution is -2.22. The Balaban J connectivity index is 2.49. The van der Waals surface area contributed by atoms with Gasteiger partial charge in [-0.2, -0.15) is 9.78 Å². The van der Waals surface area contributed by atoms with Crippen LogP contribution in [0.3, 0.4) is 0 Å². The van der Waals surface area contributed by atoms with Crippen molar-refractivity contribution >= 4 is 23.9 Å². The van der Waals surface area contributed by atoms with Crippen molar-refractivity contribution in [3.8, 4) is 0 Å². The van der Waals surface area contributed by atoms with Crippen LogP contribution in [0, 0.1) is 4.77 Å². The van der Waals surface area contributed by atoms with Gasteiger partial charge in [0.15, 0.2) is 0 Å². The van der Waals surface area contributed by atoms with E-state index in [0.717, 1.165) is 16.3 Å². The van der Waals surface area contributed by atoms with Gasteiger partial charge in [-0.05, 0) is 24.7 Å². The van der Waals surface area contributed by atoms with E-state index in [1.807, 2.05) is 30.3 Å². The lowest BCUT2D eigenvalue weighted by Gasteiger charge is -2.04. The Hall–Kier alpha value is -2.54. The molecule has 0 aliphatic rings. The number of nitrogens with one attached hydrogen (secondary N) is 1. The van der Waals surface area contributed by atoms with E-state index in [4.69, 9.17) is 12.2 Å². The molecule has 0 atom stereocenters. The number of hydrogen-bond donors (Lipinski definition) is 1. The molecule has 0 spiro atoms. The molecule has 2 rings (SSSR count). The summed E-state index contributed by atoms with van der Waals surface area (Å²) in [6.45, 7) is 1.77. The first kappa shape index (κ1) is 14.9. The highest BCUT2D eigenvalue weighted by molar-refractivity contribution is 7.71. The maximum Gasteiger partial charge on any atom is 0.354 e. The Morgan fingerprint density at radius 2 is 2.00 bits per heavy atom. The number of benzene rings is 1. The van der Waals surface area contributed by atoms with E-state index in [9.17, 15) is 9.59 Å². The molecule has 0 unspecified atom stereocenters. The van der Waals surface area contributed by atoms with Gasteiger partial charge in [-0.15, -0.1) is 0 Å². The van der Waals surface area contributed by atoms with E-state index < -0.39 is 11.5 Å². The van der Waals surface area contributed by atoms with E-state index in [2.05, 4.69) is 14.8 Å². The number of aromatic nitrogens is 2. The van der Waals surface area contributed by atoms with Gasteiger partial charge in [-0.25, -0.2) is 4.79 Å². The molecule has 1 N–H and O–H groups in total. The summed E-state index contributed by atoms with van der Waals surface area (Å²) in [6, 6.07) is 10.5. The fraction of sp³-hybridized carbons (Fsp3) is 0.143. The molecule has 6 nitrogen and oxygen atoms in total. The van der Waals surface area contributed by atoms with Crippen molar-refractivity contribution in [1.82, 2.24) is 9.66 Å². The Labute approximate surface area is 125 Å². The second-order valence-corrected chi connectivity index (χ2v) is 4.57. The average Bonchev–Trinajstić information content (AvgIpc) is 2.50. The second-order valence-electron chi connectivity index (χ2n) is 4.18. The number of rotatable bonds is 3. The van der Waals surface area contributed by atoms with E-state index in [1.165, 1.54) is 7.11 Å². The van der Waals surface area contributed by atoms with Crippen molar-refractivity contribution in [2.45, 2.75) is 6.92 Å². The molecule has 0 saturated heterocycles. The molecule has 108 valence electrons. The third kappa shape index (κ3) is 3.32. The molecular weight excluding hydrogens is 290 g/mol. The van der Waals surface area contributed by atoms with Crippen LogP contribution in [0.5, 0.6) is 0 Å². The molecule has 0 aliphatic carbocycles. The van der Waals surface area contributed by atoms with E-state index >= 15 is 0 Å². The molecule has 2 aromatic rings. The van der Waals surface area contributed by atoms with E-state index in [0.29, 0.717) is 5.71 Å². The predicted molar refractivity (Wildman–Crippen MR) is 81.3 cm³/mol. The highest BCUT2D eigenvalue weighted by atomic mass is 32.1. The number of H-pyrrole nitrogens is 1. The van der Waals surface area contributed by atoms with Gasteiger partial charge in [0.2, 0.25) is 4.77 Å². The van der Waals surface area contributed by atoms with Crippen LogP contribution in [0.25, 0.3) is 0 Å². The van der Waals surface area contributed by atoms with E-state index in [1.54, 1.807) is 6.92 Å². The van der Waals surface area contributed by atoms with Gasteiger partial charge in [0.1, 0.15) is 5.69 Å². The summed E-state index contributed by atoms with van der Waals surface area (Å²) in [5.74, 6) is -0.658. The number of carbonyl (C=O) groups is 1. The topological polar surface area (TPSA) is 76.5 Å². The summed E-state index contributed by atoms with van der Waals surface area (Å²) in [6.07, 6.45) is 0. The molecule has 0 fully saturated rings. The zero-order valence-electron chi connectivity index (χ0n) is 11.5. The van der Waals surface area contributed by atoms with Gasteiger partial charge in [0.25, 0.3) is 5.56 Å². The van der Waals surface area contributed by atoms with Gasteiger partial charge in [-0.1, -0.05) is 30.3 Å². The van der Waals surface area contributed by atoms with Crippen molar-refractivity contribution in [3.05, 3.63) is 62.8 Å². The minimum absolute atomic E-state index is 0.00341. The lowest BCUT2D eigenvalue weighted by atomic mass is 10.1. The molecule has 0 bridgehead atoms.